The van der Waals surface area contributed by atoms with Gasteiger partial charge in [0.15, 0.2) is 5.17 Å². The lowest BCUT2D eigenvalue weighted by atomic mass is 9.87. The van der Waals surface area contributed by atoms with Crippen LogP contribution in [0.4, 0.5) is 0 Å². The van der Waals surface area contributed by atoms with E-state index in [2.05, 4.69) is 34.2 Å². The third-order valence-electron chi connectivity index (χ3n) is 4.89. The van der Waals surface area contributed by atoms with Gasteiger partial charge in [-0.1, -0.05) is 39.3 Å². The van der Waals surface area contributed by atoms with Crippen molar-refractivity contribution in [3.63, 3.8) is 0 Å². The molecule has 0 saturated heterocycles. The SMILES string of the molecule is CSC1=NN2C(=c3cc(Br)ccc3=N[C@H]2[C@H]2CC=C(C)CC2)C(=O)N1. The zero-order chi connectivity index (χ0) is 17.6. The quantitative estimate of drug-likeness (QED) is 0.711. The molecule has 25 heavy (non-hydrogen) atoms. The third-order valence-corrected chi connectivity index (χ3v) is 5.96. The number of nitrogens with one attached hydrogen (secondary N) is 1. The Bertz CT molecular complexity index is 923. The largest absolute Gasteiger partial charge is 0.298 e. The van der Waals surface area contributed by atoms with Crippen LogP contribution < -0.4 is 15.9 Å². The fourth-order valence-electron chi connectivity index (χ4n) is 3.53. The van der Waals surface area contributed by atoms with Crippen LogP contribution in [0, 0.1) is 5.92 Å². The van der Waals surface area contributed by atoms with Gasteiger partial charge in [-0.15, -0.1) is 5.10 Å². The number of allylic oxidation sites excluding steroid dienone is 2. The van der Waals surface area contributed by atoms with Crippen LogP contribution in [-0.2, 0) is 4.79 Å². The van der Waals surface area contributed by atoms with Gasteiger partial charge in [0.05, 0.1) is 5.36 Å². The fraction of sp³-hybridized carbons (Fsp3) is 0.389. The minimum Gasteiger partial charge on any atom is -0.298 e. The molecule has 7 heteroatoms. The number of hydrazone groups is 1. The summed E-state index contributed by atoms with van der Waals surface area (Å²) in [6.45, 7) is 2.18. The van der Waals surface area contributed by atoms with Crippen molar-refractivity contribution in [2.75, 3.05) is 6.26 Å². The van der Waals surface area contributed by atoms with Crippen molar-refractivity contribution in [2.45, 2.75) is 32.4 Å². The summed E-state index contributed by atoms with van der Waals surface area (Å²) in [5.74, 6) is 0.245. The van der Waals surface area contributed by atoms with E-state index in [4.69, 9.17) is 10.1 Å². The number of hydrogen-bond acceptors (Lipinski definition) is 5. The normalized spacial score (nSPS) is 25.3. The summed E-state index contributed by atoms with van der Waals surface area (Å²) < 4.78 is 0.927. The molecule has 1 aliphatic carbocycles. The number of amides is 1. The van der Waals surface area contributed by atoms with E-state index >= 15 is 0 Å². The second-order valence-corrected chi connectivity index (χ2v) is 8.26. The van der Waals surface area contributed by atoms with E-state index in [9.17, 15) is 4.79 Å². The number of fused-ring (bicyclic) bond motifs is 2. The van der Waals surface area contributed by atoms with Crippen molar-refractivity contribution < 1.29 is 4.79 Å². The Balaban J connectivity index is 1.89. The molecule has 130 valence electrons. The van der Waals surface area contributed by atoms with E-state index in [0.717, 1.165) is 34.3 Å². The molecule has 0 saturated carbocycles. The first-order valence-corrected chi connectivity index (χ1v) is 10.3. The summed E-state index contributed by atoms with van der Waals surface area (Å²) in [6.07, 6.45) is 7.19. The number of carbonyl (C=O) groups is 1. The summed E-state index contributed by atoms with van der Waals surface area (Å²) in [5.41, 5.74) is 2.03. The molecule has 0 fully saturated rings. The van der Waals surface area contributed by atoms with E-state index in [1.807, 2.05) is 29.5 Å². The van der Waals surface area contributed by atoms with E-state index in [1.54, 1.807) is 0 Å². The van der Waals surface area contributed by atoms with E-state index in [1.165, 1.54) is 17.3 Å². The molecule has 1 N–H and O–H groups in total. The molecule has 5 nitrogen and oxygen atoms in total. The average Bonchev–Trinajstić information content (AvgIpc) is 2.61. The zero-order valence-corrected chi connectivity index (χ0v) is 16.5. The van der Waals surface area contributed by atoms with Gasteiger partial charge in [-0.25, -0.2) is 5.01 Å². The van der Waals surface area contributed by atoms with Gasteiger partial charge in [-0.2, -0.15) is 0 Å². The Morgan fingerprint density at radius 1 is 1.40 bits per heavy atom. The molecule has 0 bridgehead atoms. The molecule has 1 amide bonds. The molecule has 0 unspecified atom stereocenters. The standard InChI is InChI=1S/C18H19BrN4OS/c1-10-3-5-11(6-4-10)16-20-14-8-7-12(19)9-13(14)15-17(24)21-18(25-2)22-23(15)16/h3,7-9,11,16H,4-6H2,1-2H3,(H,21,22,24)/t11-,16+/m0/s1. The third kappa shape index (κ3) is 3.04. The first kappa shape index (κ1) is 16.8. The summed E-state index contributed by atoms with van der Waals surface area (Å²) >= 11 is 4.94. The minimum atomic E-state index is -0.138. The Morgan fingerprint density at radius 2 is 2.24 bits per heavy atom. The zero-order valence-electron chi connectivity index (χ0n) is 14.1. The number of benzene rings is 1. The second kappa shape index (κ2) is 6.61. The first-order valence-electron chi connectivity index (χ1n) is 8.33. The lowest BCUT2D eigenvalue weighted by molar-refractivity contribution is -0.116. The van der Waals surface area contributed by atoms with Gasteiger partial charge in [-0.3, -0.25) is 15.1 Å². The topological polar surface area (TPSA) is 57.1 Å². The minimum absolute atomic E-state index is 0.110. The molecular weight excluding hydrogens is 400 g/mol. The van der Waals surface area contributed by atoms with E-state index in [-0.39, 0.29) is 12.1 Å². The van der Waals surface area contributed by atoms with Crippen LogP contribution in [0.5, 0.6) is 0 Å². The highest BCUT2D eigenvalue weighted by molar-refractivity contribution is 9.10. The molecule has 1 aromatic rings. The summed E-state index contributed by atoms with van der Waals surface area (Å²) in [7, 11) is 0. The van der Waals surface area contributed by atoms with Gasteiger partial charge in [0.1, 0.15) is 11.9 Å². The van der Waals surface area contributed by atoms with Gasteiger partial charge in [0.2, 0.25) is 0 Å². The summed E-state index contributed by atoms with van der Waals surface area (Å²) in [4.78, 5) is 17.8. The number of rotatable bonds is 1. The van der Waals surface area contributed by atoms with Crippen LogP contribution in [0.15, 0.2) is 44.4 Å². The Hall–Kier alpha value is -1.60. The maximum absolute atomic E-state index is 12.8. The predicted octanol–water partition coefficient (Wildman–Crippen LogP) is 2.33. The Morgan fingerprint density at radius 3 is 2.96 bits per heavy atom. The highest BCUT2D eigenvalue weighted by atomic mass is 79.9. The van der Waals surface area contributed by atoms with Gasteiger partial charge in [-0.05, 0) is 50.6 Å². The maximum Gasteiger partial charge on any atom is 0.276 e. The van der Waals surface area contributed by atoms with E-state index in [0.29, 0.717) is 16.8 Å². The molecule has 1 aromatic carbocycles. The van der Waals surface area contributed by atoms with Gasteiger partial charge < -0.3 is 0 Å². The predicted molar refractivity (Wildman–Crippen MR) is 104 cm³/mol. The van der Waals surface area contributed by atoms with Gasteiger partial charge in [0, 0.05) is 15.6 Å². The maximum atomic E-state index is 12.8. The Labute approximate surface area is 159 Å². The number of halogens is 1. The van der Waals surface area contributed by atoms with E-state index < -0.39 is 0 Å². The van der Waals surface area contributed by atoms with Crippen LogP contribution in [0.25, 0.3) is 5.70 Å². The van der Waals surface area contributed by atoms with Crippen LogP contribution in [0.3, 0.4) is 0 Å². The number of nitrogens with zero attached hydrogens (tertiary/aromatic N) is 3. The number of hydrogen-bond donors (Lipinski definition) is 1. The molecule has 4 rings (SSSR count). The van der Waals surface area contributed by atoms with Crippen molar-refractivity contribution in [1.29, 1.82) is 0 Å². The molecule has 0 spiro atoms. The molecule has 3 aliphatic rings. The number of thioether (sulfide) groups is 1. The smallest absolute Gasteiger partial charge is 0.276 e. The molecule has 0 radical (unpaired) electrons. The number of amidine groups is 1. The summed E-state index contributed by atoms with van der Waals surface area (Å²) in [6, 6.07) is 5.89. The highest BCUT2D eigenvalue weighted by Crippen LogP contribution is 2.32. The Kier molecular flexibility index (Phi) is 4.45. The molecule has 2 aliphatic heterocycles. The fourth-order valence-corrected chi connectivity index (χ4v) is 4.26. The number of carbonyl (C=O) groups excluding carboxylic acids is 1. The molecule has 0 aromatic heterocycles. The van der Waals surface area contributed by atoms with Crippen molar-refractivity contribution in [1.82, 2.24) is 10.3 Å². The average molecular weight is 419 g/mol. The molecule has 2 heterocycles. The molecular formula is C18H19BrN4OS. The van der Waals surface area contributed by atoms with Crippen molar-refractivity contribution >= 4 is 44.5 Å². The molecule has 2 atom stereocenters. The van der Waals surface area contributed by atoms with Crippen molar-refractivity contribution in [2.24, 2.45) is 16.0 Å². The van der Waals surface area contributed by atoms with Crippen molar-refractivity contribution in [3.8, 4) is 0 Å². The van der Waals surface area contributed by atoms with Crippen LogP contribution in [0.1, 0.15) is 26.2 Å². The van der Waals surface area contributed by atoms with Gasteiger partial charge in [0.25, 0.3) is 5.91 Å². The van der Waals surface area contributed by atoms with Crippen LogP contribution in [0.2, 0.25) is 0 Å². The highest BCUT2D eigenvalue weighted by Gasteiger charge is 2.37. The van der Waals surface area contributed by atoms with Gasteiger partial charge >= 0.3 is 0 Å². The lowest BCUT2D eigenvalue weighted by Crippen LogP contribution is -2.54. The second-order valence-electron chi connectivity index (χ2n) is 6.55. The van der Waals surface area contributed by atoms with Crippen LogP contribution in [-0.4, -0.2) is 28.5 Å². The first-order chi connectivity index (χ1) is 12.1. The van der Waals surface area contributed by atoms with Crippen molar-refractivity contribution in [3.05, 3.63) is 44.9 Å². The van der Waals surface area contributed by atoms with Crippen LogP contribution >= 0.6 is 27.7 Å². The monoisotopic (exact) mass is 418 g/mol. The summed E-state index contributed by atoms with van der Waals surface area (Å²) in [5, 5.41) is 11.7. The lowest BCUT2D eigenvalue weighted by Gasteiger charge is -2.38.